The zero-order valence-corrected chi connectivity index (χ0v) is 45.6. The van der Waals surface area contributed by atoms with Gasteiger partial charge < -0.3 is 44.2 Å². The second kappa shape index (κ2) is 19.6. The number of nitrogen functional groups attached to an aromatic ring is 1. The van der Waals surface area contributed by atoms with Crippen LogP contribution >= 0.6 is 22.9 Å². The average molecular weight is 1160 g/mol. The van der Waals surface area contributed by atoms with E-state index in [2.05, 4.69) is 21.8 Å². The summed E-state index contributed by atoms with van der Waals surface area (Å²) in [7, 11) is 0. The molecule has 19 nitrogen and oxygen atoms in total. The third kappa shape index (κ3) is 8.17. The SMILES string of the molecule is C=C(COC(=O)Nc1c(F)cc2nc3c(c4c2c1COC4)Cn1c-3cc2c(c1=O)COC(=O)C2(O)CC)C(=O)N1CCN(c2nc(OCC34CCCN3CC(F)C4)nc3c(F)c(-c4ccc(F)c5sc(N)c(C#N)c45)c(Cl)cc23)C(C)C1. The zero-order valence-electron chi connectivity index (χ0n) is 44.0. The minimum atomic E-state index is -2.04. The van der Waals surface area contributed by atoms with Crippen molar-refractivity contribution in [2.24, 2.45) is 0 Å². The molecule has 0 aliphatic carbocycles. The van der Waals surface area contributed by atoms with Crippen molar-refractivity contribution in [1.29, 1.82) is 5.26 Å². The van der Waals surface area contributed by atoms with Gasteiger partial charge in [0, 0.05) is 88.7 Å². The lowest BCUT2D eigenvalue weighted by atomic mass is 9.86. The first-order valence-corrected chi connectivity index (χ1v) is 27.7. The summed E-state index contributed by atoms with van der Waals surface area (Å²) in [5.41, 5.74) is 5.09. The number of nitriles is 1. The number of piperazine rings is 1. The van der Waals surface area contributed by atoms with Gasteiger partial charge in [0.1, 0.15) is 60.0 Å². The molecule has 0 spiro atoms. The van der Waals surface area contributed by atoms with Crippen molar-refractivity contribution in [2.45, 2.75) is 89.2 Å². The second-order valence-electron chi connectivity index (χ2n) is 21.6. The van der Waals surface area contributed by atoms with Gasteiger partial charge in [-0.3, -0.25) is 19.8 Å². The van der Waals surface area contributed by atoms with Gasteiger partial charge in [-0.25, -0.2) is 32.1 Å². The van der Waals surface area contributed by atoms with Gasteiger partial charge in [0.05, 0.1) is 68.7 Å². The number of nitrogens with one attached hydrogen (secondary N) is 1. The van der Waals surface area contributed by atoms with Crippen LogP contribution < -0.4 is 26.2 Å². The molecule has 6 aliphatic rings. The summed E-state index contributed by atoms with van der Waals surface area (Å²) in [6.45, 7) is 7.78. The fourth-order valence-electron chi connectivity index (χ4n) is 13.0. The molecule has 0 bridgehead atoms. The molecule has 82 heavy (non-hydrogen) atoms. The number of aliphatic hydroxyl groups is 1. The molecule has 4 unspecified atom stereocenters. The largest absolute Gasteiger partial charge is 0.461 e. The Morgan fingerprint density at radius 1 is 1.04 bits per heavy atom. The molecule has 2 amide bonds. The molecule has 13 rings (SSSR count). The van der Waals surface area contributed by atoms with E-state index in [4.69, 9.17) is 46.3 Å². The van der Waals surface area contributed by atoms with E-state index in [1.165, 1.54) is 21.6 Å². The summed E-state index contributed by atoms with van der Waals surface area (Å²) in [5, 5.41) is 24.6. The monoisotopic (exact) mass is 1160 g/mol. The first-order chi connectivity index (χ1) is 39.3. The number of hydrogen-bond acceptors (Lipinski definition) is 17. The number of cyclic esters (lactones) is 1. The lowest BCUT2D eigenvalue weighted by Crippen LogP contribution is -2.54. The average Bonchev–Trinajstić information content (AvgIpc) is 2.49. The van der Waals surface area contributed by atoms with Gasteiger partial charge in [-0.2, -0.15) is 15.2 Å². The Bertz CT molecular complexity index is 4140. The van der Waals surface area contributed by atoms with Crippen LogP contribution in [0.5, 0.6) is 6.01 Å². The van der Waals surface area contributed by atoms with Crippen LogP contribution in [0.2, 0.25) is 5.02 Å². The van der Waals surface area contributed by atoms with Gasteiger partial charge in [0.15, 0.2) is 11.4 Å². The first-order valence-electron chi connectivity index (χ1n) is 26.5. The fraction of sp³-hybridized carbons (Fsp3) is 0.368. The van der Waals surface area contributed by atoms with E-state index in [1.807, 2.05) is 17.9 Å². The second-order valence-corrected chi connectivity index (χ2v) is 23.1. The van der Waals surface area contributed by atoms with E-state index in [-0.39, 0.29) is 165 Å². The third-order valence-electron chi connectivity index (χ3n) is 17.0. The molecule has 25 heteroatoms. The van der Waals surface area contributed by atoms with Crippen molar-refractivity contribution in [3.05, 3.63) is 109 Å². The number of esters is 1. The number of carbonyl (C=O) groups excluding carboxylic acids is 3. The third-order valence-corrected chi connectivity index (χ3v) is 18.3. The van der Waals surface area contributed by atoms with Crippen molar-refractivity contribution < 1.29 is 56.0 Å². The van der Waals surface area contributed by atoms with Gasteiger partial charge in [0.25, 0.3) is 11.5 Å². The number of rotatable bonds is 10. The Morgan fingerprint density at radius 3 is 2.62 bits per heavy atom. The highest BCUT2D eigenvalue weighted by Gasteiger charge is 2.50. The Kier molecular flexibility index (Phi) is 12.8. The molecule has 4 aromatic heterocycles. The molecule has 422 valence electrons. The minimum Gasteiger partial charge on any atom is -0.461 e. The molecular weight excluding hydrogens is 1110 g/mol. The quantitative estimate of drug-likeness (QED) is 0.0663. The Morgan fingerprint density at radius 2 is 1.84 bits per heavy atom. The van der Waals surface area contributed by atoms with E-state index in [0.717, 1.165) is 29.9 Å². The van der Waals surface area contributed by atoms with Crippen LogP contribution in [0.25, 0.3) is 54.4 Å². The first kappa shape index (κ1) is 53.4. The zero-order chi connectivity index (χ0) is 57.4. The fourth-order valence-corrected chi connectivity index (χ4v) is 14.2. The number of hydrogen-bond donors (Lipinski definition) is 3. The Hall–Kier alpha value is -7.95. The number of thiophene rings is 1. The molecule has 3 fully saturated rings. The summed E-state index contributed by atoms with van der Waals surface area (Å²) in [5.74, 6) is -3.61. The van der Waals surface area contributed by atoms with Crippen molar-refractivity contribution in [3.63, 3.8) is 0 Å². The number of nitrogens with two attached hydrogens (primary N) is 1. The molecule has 4 atom stereocenters. The Balaban J connectivity index is 0.735. The topological polar surface area (TPSA) is 241 Å². The summed E-state index contributed by atoms with van der Waals surface area (Å²) >= 11 is 7.82. The summed E-state index contributed by atoms with van der Waals surface area (Å²) in [6.07, 6.45) is -0.404. The number of amides is 2. The van der Waals surface area contributed by atoms with Crippen LogP contribution in [0.4, 0.5) is 38.9 Å². The highest BCUT2D eigenvalue weighted by molar-refractivity contribution is 7.23. The van der Waals surface area contributed by atoms with Crippen LogP contribution in [-0.2, 0) is 55.8 Å². The number of benzene rings is 3. The van der Waals surface area contributed by atoms with Crippen molar-refractivity contribution in [3.8, 4) is 34.6 Å². The van der Waals surface area contributed by atoms with Gasteiger partial charge >= 0.3 is 18.1 Å². The lowest BCUT2D eigenvalue weighted by molar-refractivity contribution is -0.172. The van der Waals surface area contributed by atoms with Crippen LogP contribution in [0.15, 0.2) is 47.3 Å². The maximum absolute atomic E-state index is 17.5. The summed E-state index contributed by atoms with van der Waals surface area (Å²) in [4.78, 5) is 73.6. The number of carbonyl (C=O) groups is 3. The number of alkyl halides is 1. The normalized spacial score (nSPS) is 21.8. The van der Waals surface area contributed by atoms with E-state index in [9.17, 15) is 33.9 Å². The number of anilines is 3. The number of pyridine rings is 2. The number of halogens is 5. The van der Waals surface area contributed by atoms with Crippen LogP contribution in [0.3, 0.4) is 0 Å². The van der Waals surface area contributed by atoms with Crippen LogP contribution in [0.1, 0.15) is 72.9 Å². The van der Waals surface area contributed by atoms with Crippen molar-refractivity contribution >= 4 is 89.3 Å². The van der Waals surface area contributed by atoms with Gasteiger partial charge in [-0.1, -0.05) is 31.2 Å². The lowest BCUT2D eigenvalue weighted by Gasteiger charge is -2.41. The van der Waals surface area contributed by atoms with Crippen LogP contribution in [-0.4, -0.2) is 116 Å². The molecule has 6 aliphatic heterocycles. The summed E-state index contributed by atoms with van der Waals surface area (Å²) in [6, 6.07) is 7.97. The van der Waals surface area contributed by atoms with Gasteiger partial charge in [-0.05, 0) is 62.1 Å². The van der Waals surface area contributed by atoms with Crippen LogP contribution in [0, 0.1) is 28.8 Å². The molecular formula is C57H49ClF4N10O9S. The Labute approximate surface area is 472 Å². The molecule has 0 saturated carbocycles. The van der Waals surface area contributed by atoms with E-state index < -0.39 is 70.9 Å². The molecule has 3 aromatic carbocycles. The van der Waals surface area contributed by atoms with E-state index >= 15 is 13.2 Å². The minimum absolute atomic E-state index is 0.0306. The van der Waals surface area contributed by atoms with Crippen molar-refractivity contribution in [1.82, 2.24) is 29.3 Å². The maximum Gasteiger partial charge on any atom is 0.412 e. The molecule has 10 heterocycles. The molecule has 4 N–H and O–H groups in total. The standard InChI is InChI=1S/C57H49ClF4N10O9S/c1-4-57(77)35-13-40-46-31(19-72(40)52(74)33(35)23-79-53(57)75)32-21-78-22-34-41(32)39(65-46)14-38(61)45(34)67-55(76)80-20-25(2)51(73)69-10-11-71(26(3)17-69)50-29-12-36(58)43(28-6-7-37(60)48-42(28)30(16-63)49(64)82-48)44(62)47(29)66-54(68-50)81-24-56-8-5-9-70(56)18-27(59)15-56/h6-7,12-14,26-27,77H,2,4-5,8-11,15,17-24,64H2,1,3H3,(H,67,76). The van der Waals surface area contributed by atoms with Crippen molar-refractivity contribution in [2.75, 3.05) is 61.9 Å². The molecule has 3 saturated heterocycles. The molecule has 7 aromatic rings. The smallest absolute Gasteiger partial charge is 0.412 e. The maximum atomic E-state index is 17.5. The predicted octanol–water partition coefficient (Wildman–Crippen LogP) is 8.26. The number of nitrogens with zero attached hydrogens (tertiary/aromatic N) is 8. The number of fused-ring (bicyclic) bond motifs is 8. The molecule has 0 radical (unpaired) electrons. The van der Waals surface area contributed by atoms with Gasteiger partial charge in [0.2, 0.25) is 0 Å². The highest BCUT2D eigenvalue weighted by atomic mass is 35.5. The highest BCUT2D eigenvalue weighted by Crippen LogP contribution is 2.48. The van der Waals surface area contributed by atoms with Gasteiger partial charge in [-0.15, -0.1) is 11.3 Å². The predicted molar refractivity (Wildman–Crippen MR) is 293 cm³/mol. The number of aromatic nitrogens is 4. The summed E-state index contributed by atoms with van der Waals surface area (Å²) < 4.78 is 88.1. The van der Waals surface area contributed by atoms with E-state index in [0.29, 0.717) is 40.9 Å². The van der Waals surface area contributed by atoms with E-state index in [1.54, 1.807) is 13.0 Å². The number of ether oxygens (including phenoxy) is 4.